The van der Waals surface area contributed by atoms with Gasteiger partial charge in [-0.05, 0) is 29.8 Å². The largest absolute Gasteiger partial charge is 0.489 e. The Balaban J connectivity index is 1.62. The van der Waals surface area contributed by atoms with Gasteiger partial charge in [0.05, 0.1) is 6.33 Å². The maximum Gasteiger partial charge on any atom is 0.433 e. The van der Waals surface area contributed by atoms with E-state index in [0.717, 1.165) is 12.3 Å². The standard InChI is InChI=1S/C19H16F4N4O4/c20-7-12(9-26-18(28)29)10-30-13-1-2-14-15(6-13)31-17(27-14)25-8-11-3-4-24-16(5-11)19(21,22)23/h1-7,26H,8-10H2,(H,25,27)(H,28,29)/b12-7-. The number of aromatic nitrogens is 2. The van der Waals surface area contributed by atoms with Crippen LogP contribution in [0.15, 0.2) is 52.8 Å². The summed E-state index contributed by atoms with van der Waals surface area (Å²) in [5.74, 6) is 0.328. The second-order valence-electron chi connectivity index (χ2n) is 6.26. The number of ether oxygens (including phenoxy) is 1. The highest BCUT2D eigenvalue weighted by Gasteiger charge is 2.32. The van der Waals surface area contributed by atoms with Crippen LogP contribution in [0.2, 0.25) is 0 Å². The van der Waals surface area contributed by atoms with Crippen molar-refractivity contribution in [1.29, 1.82) is 0 Å². The minimum Gasteiger partial charge on any atom is -0.489 e. The monoisotopic (exact) mass is 440 g/mol. The van der Waals surface area contributed by atoms with Gasteiger partial charge in [-0.15, -0.1) is 0 Å². The van der Waals surface area contributed by atoms with Gasteiger partial charge in [0.25, 0.3) is 6.01 Å². The number of carbonyl (C=O) groups is 1. The molecule has 3 aromatic rings. The van der Waals surface area contributed by atoms with E-state index < -0.39 is 18.0 Å². The van der Waals surface area contributed by atoms with Crippen molar-refractivity contribution in [2.75, 3.05) is 18.5 Å². The van der Waals surface area contributed by atoms with Gasteiger partial charge >= 0.3 is 12.3 Å². The molecule has 0 saturated carbocycles. The van der Waals surface area contributed by atoms with E-state index in [1.807, 2.05) is 5.32 Å². The van der Waals surface area contributed by atoms with Gasteiger partial charge < -0.3 is 24.9 Å². The molecule has 8 nitrogen and oxygen atoms in total. The van der Waals surface area contributed by atoms with Crippen LogP contribution >= 0.6 is 0 Å². The molecule has 3 rings (SSSR count). The van der Waals surface area contributed by atoms with Gasteiger partial charge in [-0.3, -0.25) is 4.98 Å². The Labute approximate surface area is 172 Å². The van der Waals surface area contributed by atoms with Crippen LogP contribution in [-0.4, -0.2) is 34.3 Å². The number of hydrogen-bond donors (Lipinski definition) is 3. The first-order valence-corrected chi connectivity index (χ1v) is 8.79. The van der Waals surface area contributed by atoms with E-state index in [4.69, 9.17) is 14.3 Å². The van der Waals surface area contributed by atoms with Crippen molar-refractivity contribution in [2.24, 2.45) is 0 Å². The number of alkyl halides is 3. The van der Waals surface area contributed by atoms with Crippen molar-refractivity contribution in [3.05, 3.63) is 59.7 Å². The molecule has 0 fully saturated rings. The summed E-state index contributed by atoms with van der Waals surface area (Å²) in [5, 5.41) is 13.4. The third-order valence-electron chi connectivity index (χ3n) is 3.96. The molecular weight excluding hydrogens is 424 g/mol. The van der Waals surface area contributed by atoms with E-state index in [0.29, 0.717) is 22.4 Å². The number of pyridine rings is 1. The number of oxazole rings is 1. The molecule has 0 aliphatic rings. The van der Waals surface area contributed by atoms with Crippen LogP contribution in [-0.2, 0) is 12.7 Å². The summed E-state index contributed by atoms with van der Waals surface area (Å²) in [6, 6.07) is 7.10. The van der Waals surface area contributed by atoms with Crippen LogP contribution in [0.1, 0.15) is 11.3 Å². The molecule has 1 amide bonds. The van der Waals surface area contributed by atoms with E-state index in [-0.39, 0.29) is 37.6 Å². The van der Waals surface area contributed by atoms with Crippen molar-refractivity contribution >= 4 is 23.2 Å². The van der Waals surface area contributed by atoms with Crippen molar-refractivity contribution < 1.29 is 36.6 Å². The highest BCUT2D eigenvalue weighted by atomic mass is 19.4. The molecule has 0 atom stereocenters. The fourth-order valence-corrected chi connectivity index (χ4v) is 2.47. The number of rotatable bonds is 8. The summed E-state index contributed by atoms with van der Waals surface area (Å²) in [4.78, 5) is 17.9. The van der Waals surface area contributed by atoms with Gasteiger partial charge in [0.2, 0.25) is 0 Å². The Hall–Kier alpha value is -3.83. The number of nitrogens with zero attached hydrogens (tertiary/aromatic N) is 2. The molecule has 0 bridgehead atoms. The number of halogens is 4. The quantitative estimate of drug-likeness (QED) is 0.447. The number of benzene rings is 1. The summed E-state index contributed by atoms with van der Waals surface area (Å²) in [6.45, 7) is -0.385. The van der Waals surface area contributed by atoms with Gasteiger partial charge in [0, 0.05) is 30.9 Å². The second-order valence-corrected chi connectivity index (χ2v) is 6.26. The fraction of sp³-hybridized carbons (Fsp3) is 0.211. The molecule has 0 unspecified atom stereocenters. The number of hydrogen-bond acceptors (Lipinski definition) is 6. The van der Waals surface area contributed by atoms with Crippen molar-refractivity contribution in [2.45, 2.75) is 12.7 Å². The SMILES string of the molecule is O=C(O)NC/C(=C/F)COc1ccc2nc(NCc3ccnc(C(F)(F)F)c3)oc2c1. The van der Waals surface area contributed by atoms with Gasteiger partial charge in [-0.25, -0.2) is 9.18 Å². The number of carboxylic acid groups (broad SMARTS) is 1. The van der Waals surface area contributed by atoms with Crippen molar-refractivity contribution in [3.8, 4) is 5.75 Å². The Bertz CT molecular complexity index is 1100. The number of anilines is 1. The molecular formula is C19H16F4N4O4. The minimum atomic E-state index is -4.54. The first-order chi connectivity index (χ1) is 14.7. The van der Waals surface area contributed by atoms with E-state index in [9.17, 15) is 22.4 Å². The zero-order valence-corrected chi connectivity index (χ0v) is 15.7. The first kappa shape index (κ1) is 21.9. The van der Waals surface area contributed by atoms with Crippen LogP contribution in [0, 0.1) is 0 Å². The van der Waals surface area contributed by atoms with Gasteiger partial charge in [-0.1, -0.05) is 0 Å². The van der Waals surface area contributed by atoms with E-state index in [2.05, 4.69) is 15.3 Å². The predicted molar refractivity (Wildman–Crippen MR) is 101 cm³/mol. The summed E-state index contributed by atoms with van der Waals surface area (Å²) in [7, 11) is 0. The van der Waals surface area contributed by atoms with Crippen molar-refractivity contribution in [1.82, 2.24) is 15.3 Å². The van der Waals surface area contributed by atoms with Crippen LogP contribution < -0.4 is 15.4 Å². The van der Waals surface area contributed by atoms with Gasteiger partial charge in [0.1, 0.15) is 23.6 Å². The molecule has 0 saturated heterocycles. The molecule has 31 heavy (non-hydrogen) atoms. The molecule has 3 N–H and O–H groups in total. The molecule has 0 spiro atoms. The summed E-state index contributed by atoms with van der Waals surface area (Å²) in [6.07, 6.45) is -4.50. The average molecular weight is 440 g/mol. The highest BCUT2D eigenvalue weighted by molar-refractivity contribution is 5.76. The molecule has 164 valence electrons. The van der Waals surface area contributed by atoms with E-state index in [1.54, 1.807) is 12.1 Å². The van der Waals surface area contributed by atoms with Crippen LogP contribution in [0.4, 0.5) is 28.4 Å². The molecule has 2 heterocycles. The Morgan fingerprint density at radius 1 is 1.26 bits per heavy atom. The Kier molecular flexibility index (Phi) is 6.58. The smallest absolute Gasteiger partial charge is 0.433 e. The molecule has 0 radical (unpaired) electrons. The van der Waals surface area contributed by atoms with Gasteiger partial charge in [-0.2, -0.15) is 18.2 Å². The van der Waals surface area contributed by atoms with Crippen LogP contribution in [0.5, 0.6) is 5.75 Å². The minimum absolute atomic E-state index is 0.0308. The summed E-state index contributed by atoms with van der Waals surface area (Å²) in [5.41, 5.74) is 0.230. The average Bonchev–Trinajstić information content (AvgIpc) is 3.14. The number of nitrogens with one attached hydrogen (secondary N) is 2. The first-order valence-electron chi connectivity index (χ1n) is 8.79. The molecule has 1 aromatic carbocycles. The van der Waals surface area contributed by atoms with E-state index >= 15 is 0 Å². The lowest BCUT2D eigenvalue weighted by molar-refractivity contribution is -0.141. The van der Waals surface area contributed by atoms with Crippen molar-refractivity contribution in [3.63, 3.8) is 0 Å². The third kappa shape index (κ3) is 6.07. The van der Waals surface area contributed by atoms with Crippen LogP contribution in [0.3, 0.4) is 0 Å². The predicted octanol–water partition coefficient (Wildman–Crippen LogP) is 4.35. The zero-order valence-electron chi connectivity index (χ0n) is 15.7. The molecule has 12 heteroatoms. The zero-order chi connectivity index (χ0) is 22.4. The fourth-order valence-electron chi connectivity index (χ4n) is 2.47. The third-order valence-corrected chi connectivity index (χ3v) is 3.96. The Morgan fingerprint density at radius 3 is 2.77 bits per heavy atom. The lowest BCUT2D eigenvalue weighted by Gasteiger charge is -2.08. The molecule has 0 aliphatic carbocycles. The summed E-state index contributed by atoms with van der Waals surface area (Å²) < 4.78 is 62.0. The highest BCUT2D eigenvalue weighted by Crippen LogP contribution is 2.28. The maximum absolute atomic E-state index is 12.8. The molecule has 2 aromatic heterocycles. The normalized spacial score (nSPS) is 12.1. The lowest BCUT2D eigenvalue weighted by atomic mass is 10.2. The topological polar surface area (TPSA) is 110 Å². The maximum atomic E-state index is 12.8. The number of fused-ring (bicyclic) bond motifs is 1. The molecule has 0 aliphatic heterocycles. The van der Waals surface area contributed by atoms with Gasteiger partial charge in [0.15, 0.2) is 5.58 Å². The van der Waals surface area contributed by atoms with Crippen LogP contribution in [0.25, 0.3) is 11.1 Å². The summed E-state index contributed by atoms with van der Waals surface area (Å²) >= 11 is 0. The Morgan fingerprint density at radius 2 is 2.06 bits per heavy atom. The number of amides is 1. The lowest BCUT2D eigenvalue weighted by Crippen LogP contribution is -2.25. The van der Waals surface area contributed by atoms with E-state index in [1.165, 1.54) is 12.1 Å². The second kappa shape index (κ2) is 9.32.